The highest BCUT2D eigenvalue weighted by Crippen LogP contribution is 2.22. The number of thioether (sulfide) groups is 1. The maximum absolute atomic E-state index is 13.3. The molecule has 0 radical (unpaired) electrons. The second-order valence-electron chi connectivity index (χ2n) is 7.58. The van der Waals surface area contributed by atoms with E-state index in [1.807, 2.05) is 60.6 Å². The average molecular weight is 384 g/mol. The van der Waals surface area contributed by atoms with Gasteiger partial charge in [0.25, 0.3) is 5.91 Å². The molecular formula is C22H29N3OS. The number of carbonyl (C=O) groups excluding carboxylic acids is 1. The van der Waals surface area contributed by atoms with E-state index in [4.69, 9.17) is 0 Å². The van der Waals surface area contributed by atoms with Crippen molar-refractivity contribution in [2.45, 2.75) is 31.7 Å². The highest BCUT2D eigenvalue weighted by molar-refractivity contribution is 7.99. The Kier molecular flexibility index (Phi) is 6.20. The van der Waals surface area contributed by atoms with Gasteiger partial charge in [0.05, 0.1) is 6.04 Å². The van der Waals surface area contributed by atoms with Crippen molar-refractivity contribution in [1.82, 2.24) is 14.4 Å². The molecule has 27 heavy (non-hydrogen) atoms. The molecule has 1 aromatic heterocycles. The maximum Gasteiger partial charge on any atom is 0.254 e. The molecule has 2 fully saturated rings. The van der Waals surface area contributed by atoms with E-state index in [0.29, 0.717) is 6.04 Å². The summed E-state index contributed by atoms with van der Waals surface area (Å²) in [5.74, 6) is 2.41. The SMILES string of the molecule is O=C(c1ccc(-n2cccc2)cc1)N1CCCSCC1CN1CCCCC1. The number of piperidine rings is 1. The topological polar surface area (TPSA) is 28.5 Å². The summed E-state index contributed by atoms with van der Waals surface area (Å²) in [4.78, 5) is 18.0. The molecule has 1 unspecified atom stereocenters. The minimum Gasteiger partial charge on any atom is -0.334 e. The zero-order valence-electron chi connectivity index (χ0n) is 15.9. The molecule has 2 aliphatic heterocycles. The summed E-state index contributed by atoms with van der Waals surface area (Å²) in [7, 11) is 0. The van der Waals surface area contributed by atoms with Crippen molar-refractivity contribution in [3.05, 3.63) is 54.4 Å². The minimum atomic E-state index is 0.193. The number of carbonyl (C=O) groups is 1. The van der Waals surface area contributed by atoms with Gasteiger partial charge in [-0.3, -0.25) is 4.79 Å². The van der Waals surface area contributed by atoms with E-state index in [1.165, 1.54) is 32.4 Å². The third kappa shape index (κ3) is 4.58. The molecule has 4 rings (SSSR count). The van der Waals surface area contributed by atoms with E-state index < -0.39 is 0 Å². The predicted molar refractivity (Wildman–Crippen MR) is 113 cm³/mol. The largest absolute Gasteiger partial charge is 0.334 e. The second-order valence-corrected chi connectivity index (χ2v) is 8.73. The molecule has 0 N–H and O–H groups in total. The third-order valence-electron chi connectivity index (χ3n) is 5.63. The van der Waals surface area contributed by atoms with Crippen molar-refractivity contribution >= 4 is 17.7 Å². The van der Waals surface area contributed by atoms with Crippen LogP contribution in [0.2, 0.25) is 0 Å². The lowest BCUT2D eigenvalue weighted by Crippen LogP contribution is -2.49. The van der Waals surface area contributed by atoms with Crippen LogP contribution in [0.1, 0.15) is 36.0 Å². The van der Waals surface area contributed by atoms with Crippen LogP contribution in [0.15, 0.2) is 48.8 Å². The van der Waals surface area contributed by atoms with E-state index in [9.17, 15) is 4.79 Å². The average Bonchev–Trinajstić information content (AvgIpc) is 3.16. The van der Waals surface area contributed by atoms with Gasteiger partial charge in [0, 0.05) is 42.5 Å². The molecule has 1 aromatic carbocycles. The first-order valence-corrected chi connectivity index (χ1v) is 11.3. The number of aromatic nitrogens is 1. The summed E-state index contributed by atoms with van der Waals surface area (Å²) < 4.78 is 2.07. The molecule has 0 bridgehead atoms. The fourth-order valence-electron chi connectivity index (χ4n) is 4.14. The van der Waals surface area contributed by atoms with Gasteiger partial charge in [-0.05, 0) is 74.5 Å². The van der Waals surface area contributed by atoms with Gasteiger partial charge in [0.15, 0.2) is 0 Å². The zero-order chi connectivity index (χ0) is 18.5. The van der Waals surface area contributed by atoms with E-state index in [-0.39, 0.29) is 5.91 Å². The molecule has 2 saturated heterocycles. The van der Waals surface area contributed by atoms with Crippen LogP contribution in [0.4, 0.5) is 0 Å². The van der Waals surface area contributed by atoms with Gasteiger partial charge >= 0.3 is 0 Å². The van der Waals surface area contributed by atoms with E-state index >= 15 is 0 Å². The smallest absolute Gasteiger partial charge is 0.254 e. The van der Waals surface area contributed by atoms with Gasteiger partial charge in [-0.25, -0.2) is 0 Å². The summed E-state index contributed by atoms with van der Waals surface area (Å²) >= 11 is 2.01. The molecule has 3 heterocycles. The molecule has 1 atom stereocenters. The number of rotatable bonds is 4. The Labute approximate surface area is 166 Å². The van der Waals surface area contributed by atoms with Gasteiger partial charge in [-0.1, -0.05) is 6.42 Å². The molecule has 5 heteroatoms. The quantitative estimate of drug-likeness (QED) is 0.801. The second kappa shape index (κ2) is 8.98. The lowest BCUT2D eigenvalue weighted by molar-refractivity contribution is 0.0645. The van der Waals surface area contributed by atoms with Gasteiger partial charge in [-0.15, -0.1) is 0 Å². The van der Waals surface area contributed by atoms with Crippen LogP contribution < -0.4 is 0 Å². The Hall–Kier alpha value is -1.72. The fraction of sp³-hybridized carbons (Fsp3) is 0.500. The lowest BCUT2D eigenvalue weighted by Gasteiger charge is -2.35. The molecule has 0 spiro atoms. The number of nitrogens with zero attached hydrogens (tertiary/aromatic N) is 3. The Morgan fingerprint density at radius 2 is 1.70 bits per heavy atom. The summed E-state index contributed by atoms with van der Waals surface area (Å²) in [6.07, 6.45) is 9.10. The molecule has 4 nitrogen and oxygen atoms in total. The molecule has 2 aromatic rings. The van der Waals surface area contributed by atoms with E-state index in [2.05, 4.69) is 14.4 Å². The van der Waals surface area contributed by atoms with Gasteiger partial charge in [0.2, 0.25) is 0 Å². The van der Waals surface area contributed by atoms with Crippen molar-refractivity contribution in [2.24, 2.45) is 0 Å². The van der Waals surface area contributed by atoms with Gasteiger partial charge in [0.1, 0.15) is 0 Å². The van der Waals surface area contributed by atoms with Crippen LogP contribution in [0.25, 0.3) is 5.69 Å². The Bertz CT molecular complexity index is 723. The Morgan fingerprint density at radius 3 is 2.44 bits per heavy atom. The number of likely N-dealkylation sites (tertiary alicyclic amines) is 1. The first-order chi connectivity index (χ1) is 13.3. The lowest BCUT2D eigenvalue weighted by atomic mass is 10.1. The number of benzene rings is 1. The van der Waals surface area contributed by atoms with Crippen LogP contribution in [0.3, 0.4) is 0 Å². The van der Waals surface area contributed by atoms with E-state index in [1.54, 1.807) is 0 Å². The Morgan fingerprint density at radius 1 is 0.963 bits per heavy atom. The third-order valence-corrected chi connectivity index (χ3v) is 6.83. The molecule has 1 amide bonds. The highest BCUT2D eigenvalue weighted by atomic mass is 32.2. The van der Waals surface area contributed by atoms with Crippen LogP contribution in [-0.4, -0.2) is 64.0 Å². The Balaban J connectivity index is 1.48. The van der Waals surface area contributed by atoms with Crippen molar-refractivity contribution in [3.8, 4) is 5.69 Å². The van der Waals surface area contributed by atoms with Gasteiger partial charge in [-0.2, -0.15) is 11.8 Å². The van der Waals surface area contributed by atoms with Crippen molar-refractivity contribution in [3.63, 3.8) is 0 Å². The highest BCUT2D eigenvalue weighted by Gasteiger charge is 2.28. The van der Waals surface area contributed by atoms with Gasteiger partial charge < -0.3 is 14.4 Å². The first-order valence-electron chi connectivity index (χ1n) is 10.2. The summed E-state index contributed by atoms with van der Waals surface area (Å²) in [6.45, 7) is 4.29. The summed E-state index contributed by atoms with van der Waals surface area (Å²) in [5, 5.41) is 0. The van der Waals surface area contributed by atoms with Crippen LogP contribution >= 0.6 is 11.8 Å². The normalized spacial score (nSPS) is 21.8. The standard InChI is InChI=1S/C22H29N3OS/c26-22(19-7-9-20(10-8-19)24-13-4-5-14-24)25-15-6-16-27-18-21(25)17-23-11-2-1-3-12-23/h4-5,7-10,13-14,21H,1-3,6,11-12,15-18H2. The minimum absolute atomic E-state index is 0.193. The number of hydrogen-bond donors (Lipinski definition) is 0. The van der Waals surface area contributed by atoms with Crippen molar-refractivity contribution in [2.75, 3.05) is 37.7 Å². The summed E-state index contributed by atoms with van der Waals surface area (Å²) in [6, 6.07) is 12.4. The van der Waals surface area contributed by atoms with Crippen LogP contribution in [0, 0.1) is 0 Å². The van der Waals surface area contributed by atoms with Crippen LogP contribution in [-0.2, 0) is 0 Å². The molecule has 0 aliphatic carbocycles. The van der Waals surface area contributed by atoms with Crippen molar-refractivity contribution in [1.29, 1.82) is 0 Å². The van der Waals surface area contributed by atoms with E-state index in [0.717, 1.165) is 42.3 Å². The van der Waals surface area contributed by atoms with Crippen LogP contribution in [0.5, 0.6) is 0 Å². The number of amides is 1. The molecular weight excluding hydrogens is 354 g/mol. The predicted octanol–water partition coefficient (Wildman–Crippen LogP) is 3.91. The molecule has 144 valence electrons. The molecule has 0 saturated carbocycles. The maximum atomic E-state index is 13.3. The zero-order valence-corrected chi connectivity index (χ0v) is 16.7. The summed E-state index contributed by atoms with van der Waals surface area (Å²) in [5.41, 5.74) is 1.90. The molecule has 2 aliphatic rings. The van der Waals surface area contributed by atoms with Crippen molar-refractivity contribution < 1.29 is 4.79 Å². The first kappa shape index (κ1) is 18.6. The fourth-order valence-corrected chi connectivity index (χ4v) is 5.19. The monoisotopic (exact) mass is 383 g/mol. The number of hydrogen-bond acceptors (Lipinski definition) is 3.